The van der Waals surface area contributed by atoms with Crippen LogP contribution in [0, 0.1) is 0 Å². The number of aliphatic hydroxyl groups excluding tert-OH is 1. The van der Waals surface area contributed by atoms with E-state index < -0.39 is 6.10 Å². The number of rotatable bonds is 4. The molecular formula is C14H15NOS. The Hall–Kier alpha value is -1.32. The maximum absolute atomic E-state index is 9.52. The first-order valence-electron chi connectivity index (χ1n) is 5.55. The van der Waals surface area contributed by atoms with Gasteiger partial charge in [-0.25, -0.2) is 0 Å². The predicted octanol–water partition coefficient (Wildman–Crippen LogP) is 3.43. The highest BCUT2D eigenvalue weighted by Gasteiger charge is 2.02. The zero-order valence-corrected chi connectivity index (χ0v) is 10.5. The van der Waals surface area contributed by atoms with E-state index in [0.29, 0.717) is 0 Å². The number of aliphatic hydroxyl groups is 1. The molecular weight excluding hydrogens is 230 g/mol. The third-order valence-electron chi connectivity index (χ3n) is 2.50. The average molecular weight is 245 g/mol. The lowest BCUT2D eigenvalue weighted by Crippen LogP contribution is -1.90. The molecule has 1 aromatic carbocycles. The summed E-state index contributed by atoms with van der Waals surface area (Å²) in [6.45, 7) is 1.78. The van der Waals surface area contributed by atoms with Crippen LogP contribution in [0.15, 0.2) is 53.7 Å². The first kappa shape index (κ1) is 12.1. The lowest BCUT2D eigenvalue weighted by Gasteiger charge is -2.07. The van der Waals surface area contributed by atoms with Crippen molar-refractivity contribution in [2.75, 3.05) is 0 Å². The molecule has 2 nitrogen and oxygen atoms in total. The largest absolute Gasteiger partial charge is 0.389 e. The molecule has 1 unspecified atom stereocenters. The van der Waals surface area contributed by atoms with Crippen molar-refractivity contribution < 1.29 is 5.11 Å². The number of benzene rings is 1. The van der Waals surface area contributed by atoms with Gasteiger partial charge >= 0.3 is 0 Å². The summed E-state index contributed by atoms with van der Waals surface area (Å²) < 4.78 is 0. The maximum atomic E-state index is 9.52. The van der Waals surface area contributed by atoms with E-state index in [1.807, 2.05) is 42.7 Å². The molecule has 2 rings (SSSR count). The summed E-state index contributed by atoms with van der Waals surface area (Å²) in [6.07, 6.45) is 3.21. The van der Waals surface area contributed by atoms with E-state index >= 15 is 0 Å². The maximum Gasteiger partial charge on any atom is 0.0762 e. The number of pyridine rings is 1. The number of aromatic nitrogens is 1. The fourth-order valence-corrected chi connectivity index (χ4v) is 2.43. The minimum Gasteiger partial charge on any atom is -0.389 e. The number of thioether (sulfide) groups is 1. The van der Waals surface area contributed by atoms with Crippen LogP contribution >= 0.6 is 11.8 Å². The molecule has 3 heteroatoms. The summed E-state index contributed by atoms with van der Waals surface area (Å²) in [6, 6.07) is 12.1. The highest BCUT2D eigenvalue weighted by Crippen LogP contribution is 2.25. The van der Waals surface area contributed by atoms with Crippen LogP contribution in [0.3, 0.4) is 0 Å². The van der Waals surface area contributed by atoms with E-state index in [9.17, 15) is 5.11 Å². The van der Waals surface area contributed by atoms with Crippen LogP contribution in [0.2, 0.25) is 0 Å². The molecule has 0 spiro atoms. The van der Waals surface area contributed by atoms with E-state index in [0.717, 1.165) is 11.3 Å². The zero-order valence-electron chi connectivity index (χ0n) is 9.71. The van der Waals surface area contributed by atoms with Gasteiger partial charge < -0.3 is 5.11 Å². The molecule has 0 saturated heterocycles. The standard InChI is InChI=1S/C14H15NOS/c1-11(16)13-3-2-4-14(9-13)17-10-12-5-7-15-8-6-12/h2-9,11,16H,10H2,1H3. The van der Waals surface area contributed by atoms with Crippen molar-refractivity contribution in [3.05, 3.63) is 59.9 Å². The molecule has 0 saturated carbocycles. The third-order valence-corrected chi connectivity index (χ3v) is 3.56. The summed E-state index contributed by atoms with van der Waals surface area (Å²) in [7, 11) is 0. The quantitative estimate of drug-likeness (QED) is 0.838. The highest BCUT2D eigenvalue weighted by atomic mass is 32.2. The molecule has 1 atom stereocenters. The summed E-state index contributed by atoms with van der Waals surface area (Å²) >= 11 is 1.77. The van der Waals surface area contributed by atoms with Gasteiger partial charge in [-0.3, -0.25) is 4.98 Å². The van der Waals surface area contributed by atoms with Crippen LogP contribution in [0.25, 0.3) is 0 Å². The van der Waals surface area contributed by atoms with Crippen molar-refractivity contribution in [1.82, 2.24) is 4.98 Å². The molecule has 0 aliphatic carbocycles. The zero-order chi connectivity index (χ0) is 12.1. The Balaban J connectivity index is 2.02. The lowest BCUT2D eigenvalue weighted by molar-refractivity contribution is 0.199. The predicted molar refractivity (Wildman–Crippen MR) is 70.9 cm³/mol. The van der Waals surface area contributed by atoms with Crippen LogP contribution < -0.4 is 0 Å². The van der Waals surface area contributed by atoms with Gasteiger partial charge in [-0.1, -0.05) is 12.1 Å². The molecule has 88 valence electrons. The molecule has 1 N–H and O–H groups in total. The topological polar surface area (TPSA) is 33.1 Å². The molecule has 1 aromatic heterocycles. The van der Waals surface area contributed by atoms with Crippen molar-refractivity contribution >= 4 is 11.8 Å². The molecule has 0 fully saturated rings. The Labute approximate surface area is 106 Å². The fraction of sp³-hybridized carbons (Fsp3) is 0.214. The molecule has 0 radical (unpaired) electrons. The minimum atomic E-state index is -0.406. The molecule has 2 aromatic rings. The average Bonchev–Trinajstić information content (AvgIpc) is 2.38. The van der Waals surface area contributed by atoms with Crippen LogP contribution in [0.4, 0.5) is 0 Å². The number of nitrogens with zero attached hydrogens (tertiary/aromatic N) is 1. The Bertz CT molecular complexity index is 471. The van der Waals surface area contributed by atoms with Crippen LogP contribution in [0.5, 0.6) is 0 Å². The van der Waals surface area contributed by atoms with Gasteiger partial charge in [0.25, 0.3) is 0 Å². The van der Waals surface area contributed by atoms with E-state index in [4.69, 9.17) is 0 Å². The van der Waals surface area contributed by atoms with Gasteiger partial charge in [-0.15, -0.1) is 11.8 Å². The smallest absolute Gasteiger partial charge is 0.0762 e. The van der Waals surface area contributed by atoms with Crippen molar-refractivity contribution in [3.8, 4) is 0 Å². The van der Waals surface area contributed by atoms with Crippen molar-refractivity contribution in [1.29, 1.82) is 0 Å². The number of hydrogen-bond donors (Lipinski definition) is 1. The SMILES string of the molecule is CC(O)c1cccc(SCc2ccncc2)c1. The molecule has 0 bridgehead atoms. The van der Waals surface area contributed by atoms with Gasteiger partial charge in [0.05, 0.1) is 6.10 Å². The summed E-state index contributed by atoms with van der Waals surface area (Å²) in [5.41, 5.74) is 2.22. The summed E-state index contributed by atoms with van der Waals surface area (Å²) in [5.74, 6) is 0.922. The summed E-state index contributed by atoms with van der Waals surface area (Å²) in [4.78, 5) is 5.18. The van der Waals surface area contributed by atoms with E-state index in [2.05, 4.69) is 11.1 Å². The van der Waals surface area contributed by atoms with Gasteiger partial charge in [0.15, 0.2) is 0 Å². The normalized spacial score (nSPS) is 12.4. The second-order valence-electron chi connectivity index (χ2n) is 3.89. The van der Waals surface area contributed by atoms with Crippen molar-refractivity contribution in [2.24, 2.45) is 0 Å². The second-order valence-corrected chi connectivity index (χ2v) is 4.94. The number of hydrogen-bond acceptors (Lipinski definition) is 3. The van der Waals surface area contributed by atoms with Crippen LogP contribution in [0.1, 0.15) is 24.2 Å². The van der Waals surface area contributed by atoms with Gasteiger partial charge in [0.2, 0.25) is 0 Å². The Morgan fingerprint density at radius 1 is 1.24 bits per heavy atom. The Kier molecular flexibility index (Phi) is 4.18. The Morgan fingerprint density at radius 2 is 2.00 bits per heavy atom. The molecule has 1 heterocycles. The molecule has 0 aliphatic heterocycles. The van der Waals surface area contributed by atoms with E-state index in [1.165, 1.54) is 10.5 Å². The molecule has 17 heavy (non-hydrogen) atoms. The van der Waals surface area contributed by atoms with Gasteiger partial charge in [0, 0.05) is 23.0 Å². The van der Waals surface area contributed by atoms with Gasteiger partial charge in [-0.2, -0.15) is 0 Å². The second kappa shape index (κ2) is 5.84. The monoisotopic (exact) mass is 245 g/mol. The minimum absolute atomic E-state index is 0.406. The van der Waals surface area contributed by atoms with Crippen molar-refractivity contribution in [3.63, 3.8) is 0 Å². The van der Waals surface area contributed by atoms with E-state index in [-0.39, 0.29) is 0 Å². The lowest BCUT2D eigenvalue weighted by atomic mass is 10.1. The Morgan fingerprint density at radius 3 is 2.71 bits per heavy atom. The molecule has 0 amide bonds. The van der Waals surface area contributed by atoms with Crippen molar-refractivity contribution in [2.45, 2.75) is 23.7 Å². The third kappa shape index (κ3) is 3.58. The van der Waals surface area contributed by atoms with Gasteiger partial charge in [-0.05, 0) is 42.3 Å². The molecule has 0 aliphatic rings. The highest BCUT2D eigenvalue weighted by molar-refractivity contribution is 7.98. The fourth-order valence-electron chi connectivity index (χ4n) is 1.51. The first-order chi connectivity index (χ1) is 8.25. The summed E-state index contributed by atoms with van der Waals surface area (Å²) in [5, 5.41) is 9.52. The van der Waals surface area contributed by atoms with Gasteiger partial charge in [0.1, 0.15) is 0 Å². The van der Waals surface area contributed by atoms with Crippen LogP contribution in [-0.4, -0.2) is 10.1 Å². The first-order valence-corrected chi connectivity index (χ1v) is 6.54. The van der Waals surface area contributed by atoms with E-state index in [1.54, 1.807) is 18.7 Å². The van der Waals surface area contributed by atoms with Crippen LogP contribution in [-0.2, 0) is 5.75 Å².